The Kier molecular flexibility index (Phi) is 4.02. The predicted molar refractivity (Wildman–Crippen MR) is 78.8 cm³/mol. The molecule has 5 heteroatoms. The minimum absolute atomic E-state index is 0.117. The highest BCUT2D eigenvalue weighted by Crippen LogP contribution is 2.33. The highest BCUT2D eigenvalue weighted by Gasteiger charge is 2.31. The van der Waals surface area contributed by atoms with Gasteiger partial charge in [-0.2, -0.15) is 0 Å². The summed E-state index contributed by atoms with van der Waals surface area (Å²) < 4.78 is 10.7. The van der Waals surface area contributed by atoms with Crippen molar-refractivity contribution in [3.05, 3.63) is 35.6 Å². The Labute approximate surface area is 123 Å². The number of aromatic nitrogens is 1. The van der Waals surface area contributed by atoms with Crippen molar-refractivity contribution in [3.63, 3.8) is 0 Å². The lowest BCUT2D eigenvalue weighted by Gasteiger charge is -2.14. The molecule has 0 amide bonds. The van der Waals surface area contributed by atoms with Crippen molar-refractivity contribution in [3.8, 4) is 17.0 Å². The van der Waals surface area contributed by atoms with Crippen LogP contribution in [0.15, 0.2) is 28.8 Å². The Hall–Kier alpha value is -2.30. The minimum atomic E-state index is -1.04. The maximum absolute atomic E-state index is 11.6. The number of benzene rings is 1. The average Bonchev–Trinajstić information content (AvgIpc) is 2.85. The molecule has 1 aromatic carbocycles. The van der Waals surface area contributed by atoms with Crippen LogP contribution in [-0.2, 0) is 5.41 Å². The van der Waals surface area contributed by atoms with Crippen molar-refractivity contribution >= 4 is 5.97 Å². The summed E-state index contributed by atoms with van der Waals surface area (Å²) >= 11 is 0. The fraction of sp³-hybridized carbons (Fsp3) is 0.375. The average molecular weight is 289 g/mol. The molecule has 0 radical (unpaired) electrons. The standard InChI is InChI=1S/C16H19NO4/c1-5-20-11-8-6-10(7-9-11)13-12(15(18)19)14(21-17-13)16(2,3)4/h6-9H,5H2,1-4H3,(H,18,19). The Bertz CT molecular complexity index is 635. The summed E-state index contributed by atoms with van der Waals surface area (Å²) in [6, 6.07) is 7.13. The molecule has 1 N–H and O–H groups in total. The van der Waals surface area contributed by atoms with Crippen LogP contribution in [0.4, 0.5) is 0 Å². The number of carboxylic acid groups (broad SMARTS) is 1. The van der Waals surface area contributed by atoms with E-state index in [9.17, 15) is 9.90 Å². The van der Waals surface area contributed by atoms with Gasteiger partial charge in [0.05, 0.1) is 6.61 Å². The van der Waals surface area contributed by atoms with Gasteiger partial charge >= 0.3 is 5.97 Å². The summed E-state index contributed by atoms with van der Waals surface area (Å²) in [5.41, 5.74) is 0.724. The summed E-state index contributed by atoms with van der Waals surface area (Å²) in [5, 5.41) is 13.4. The quantitative estimate of drug-likeness (QED) is 0.928. The molecular formula is C16H19NO4. The number of nitrogens with zero attached hydrogens (tertiary/aromatic N) is 1. The van der Waals surface area contributed by atoms with E-state index in [-0.39, 0.29) is 5.56 Å². The van der Waals surface area contributed by atoms with Gasteiger partial charge in [0.25, 0.3) is 0 Å². The number of hydrogen-bond acceptors (Lipinski definition) is 4. The molecular weight excluding hydrogens is 270 g/mol. The number of carbonyl (C=O) groups is 1. The first kappa shape index (κ1) is 15.1. The van der Waals surface area contributed by atoms with Crippen molar-refractivity contribution < 1.29 is 19.2 Å². The van der Waals surface area contributed by atoms with Crippen molar-refractivity contribution in [1.82, 2.24) is 5.16 Å². The Morgan fingerprint density at radius 2 is 1.90 bits per heavy atom. The van der Waals surface area contributed by atoms with E-state index >= 15 is 0 Å². The molecule has 2 aromatic rings. The number of rotatable bonds is 4. The first-order chi connectivity index (χ1) is 9.84. The molecule has 2 rings (SSSR count). The molecule has 1 aromatic heterocycles. The first-order valence-corrected chi connectivity index (χ1v) is 6.81. The number of aromatic carboxylic acids is 1. The second-order valence-electron chi connectivity index (χ2n) is 5.75. The molecule has 0 aliphatic carbocycles. The molecule has 5 nitrogen and oxygen atoms in total. The van der Waals surface area contributed by atoms with Gasteiger partial charge in [-0.3, -0.25) is 0 Å². The summed E-state index contributed by atoms with van der Waals surface area (Å²) in [7, 11) is 0. The molecule has 0 fully saturated rings. The van der Waals surface area contributed by atoms with Crippen LogP contribution in [-0.4, -0.2) is 22.8 Å². The Balaban J connectivity index is 2.49. The van der Waals surface area contributed by atoms with Crippen LogP contribution in [0.3, 0.4) is 0 Å². The fourth-order valence-corrected chi connectivity index (χ4v) is 2.07. The van der Waals surface area contributed by atoms with Crippen LogP contribution in [0.5, 0.6) is 5.75 Å². The fourth-order valence-electron chi connectivity index (χ4n) is 2.07. The summed E-state index contributed by atoms with van der Waals surface area (Å²) in [4.78, 5) is 11.6. The predicted octanol–water partition coefficient (Wildman–Crippen LogP) is 3.74. The van der Waals surface area contributed by atoms with Crippen LogP contribution in [0.25, 0.3) is 11.3 Å². The third-order valence-electron chi connectivity index (χ3n) is 3.03. The van der Waals surface area contributed by atoms with Crippen molar-refractivity contribution in [2.45, 2.75) is 33.1 Å². The van der Waals surface area contributed by atoms with Gasteiger partial charge in [0.15, 0.2) is 5.76 Å². The second kappa shape index (κ2) is 5.60. The minimum Gasteiger partial charge on any atom is -0.494 e. The van der Waals surface area contributed by atoms with Gasteiger partial charge in [-0.25, -0.2) is 4.79 Å². The highest BCUT2D eigenvalue weighted by atomic mass is 16.5. The number of ether oxygens (including phenoxy) is 1. The van der Waals surface area contributed by atoms with E-state index in [1.165, 1.54) is 0 Å². The van der Waals surface area contributed by atoms with E-state index in [2.05, 4.69) is 5.16 Å². The Morgan fingerprint density at radius 1 is 1.29 bits per heavy atom. The normalized spacial score (nSPS) is 11.4. The molecule has 21 heavy (non-hydrogen) atoms. The molecule has 0 aliphatic rings. The van der Waals surface area contributed by atoms with Crippen LogP contribution in [0, 0.1) is 0 Å². The summed E-state index contributed by atoms with van der Waals surface area (Å²) in [5.74, 6) is 0.0709. The summed E-state index contributed by atoms with van der Waals surface area (Å²) in [6.07, 6.45) is 0. The van der Waals surface area contributed by atoms with Gasteiger partial charge < -0.3 is 14.4 Å². The van der Waals surface area contributed by atoms with Crippen LogP contribution in [0.2, 0.25) is 0 Å². The molecule has 0 spiro atoms. The molecule has 112 valence electrons. The van der Waals surface area contributed by atoms with E-state index in [0.717, 1.165) is 5.75 Å². The maximum Gasteiger partial charge on any atom is 0.341 e. The lowest BCUT2D eigenvalue weighted by atomic mass is 9.89. The number of carboxylic acids is 1. The molecule has 0 saturated heterocycles. The lowest BCUT2D eigenvalue weighted by molar-refractivity contribution is 0.0693. The zero-order valence-corrected chi connectivity index (χ0v) is 12.6. The Morgan fingerprint density at radius 3 is 2.38 bits per heavy atom. The zero-order chi connectivity index (χ0) is 15.6. The van der Waals surface area contributed by atoms with Gasteiger partial charge in [-0.05, 0) is 31.2 Å². The van der Waals surface area contributed by atoms with Crippen molar-refractivity contribution in [1.29, 1.82) is 0 Å². The van der Waals surface area contributed by atoms with E-state index in [1.807, 2.05) is 27.7 Å². The van der Waals surface area contributed by atoms with Gasteiger partial charge in [0, 0.05) is 11.0 Å². The second-order valence-corrected chi connectivity index (χ2v) is 5.75. The van der Waals surface area contributed by atoms with Gasteiger partial charge in [-0.1, -0.05) is 25.9 Å². The van der Waals surface area contributed by atoms with E-state index in [1.54, 1.807) is 24.3 Å². The zero-order valence-electron chi connectivity index (χ0n) is 12.6. The van der Waals surface area contributed by atoms with Gasteiger partial charge in [-0.15, -0.1) is 0 Å². The SMILES string of the molecule is CCOc1ccc(-c2noc(C(C)(C)C)c2C(=O)O)cc1. The lowest BCUT2D eigenvalue weighted by Crippen LogP contribution is -2.15. The summed E-state index contributed by atoms with van der Waals surface area (Å²) in [6.45, 7) is 8.16. The molecule has 0 bridgehead atoms. The van der Waals surface area contributed by atoms with E-state index in [0.29, 0.717) is 23.6 Å². The van der Waals surface area contributed by atoms with E-state index < -0.39 is 11.4 Å². The monoisotopic (exact) mass is 289 g/mol. The number of hydrogen-bond donors (Lipinski definition) is 1. The third-order valence-corrected chi connectivity index (χ3v) is 3.03. The molecule has 0 unspecified atom stereocenters. The topological polar surface area (TPSA) is 72.6 Å². The largest absolute Gasteiger partial charge is 0.494 e. The molecule has 0 atom stereocenters. The van der Waals surface area contributed by atoms with Gasteiger partial charge in [0.2, 0.25) is 0 Å². The van der Waals surface area contributed by atoms with Crippen LogP contribution >= 0.6 is 0 Å². The highest BCUT2D eigenvalue weighted by molar-refractivity contribution is 5.96. The maximum atomic E-state index is 11.6. The smallest absolute Gasteiger partial charge is 0.341 e. The first-order valence-electron chi connectivity index (χ1n) is 6.81. The van der Waals surface area contributed by atoms with Crippen LogP contribution in [0.1, 0.15) is 43.8 Å². The molecule has 1 heterocycles. The molecule has 0 saturated carbocycles. The van der Waals surface area contributed by atoms with Crippen molar-refractivity contribution in [2.24, 2.45) is 0 Å². The van der Waals surface area contributed by atoms with Gasteiger partial charge in [0.1, 0.15) is 17.0 Å². The third kappa shape index (κ3) is 3.07. The van der Waals surface area contributed by atoms with E-state index in [4.69, 9.17) is 9.26 Å². The van der Waals surface area contributed by atoms with Crippen molar-refractivity contribution in [2.75, 3.05) is 6.61 Å². The van der Waals surface area contributed by atoms with Crippen LogP contribution < -0.4 is 4.74 Å². The molecule has 0 aliphatic heterocycles.